The molecule has 0 saturated carbocycles. The summed E-state index contributed by atoms with van der Waals surface area (Å²) in [5, 5.41) is 13.4. The van der Waals surface area contributed by atoms with Crippen LogP contribution < -0.4 is 0 Å². The van der Waals surface area contributed by atoms with Gasteiger partial charge in [0.1, 0.15) is 0 Å². The van der Waals surface area contributed by atoms with Crippen LogP contribution in [0.15, 0.2) is 30.5 Å². The minimum atomic E-state index is 0.0871. The number of hydrogen-bond donors (Lipinski definition) is 0. The van der Waals surface area contributed by atoms with Crippen molar-refractivity contribution >= 4 is 5.91 Å². The van der Waals surface area contributed by atoms with Gasteiger partial charge in [-0.25, -0.2) is 0 Å². The van der Waals surface area contributed by atoms with Crippen LogP contribution in [0.3, 0.4) is 0 Å². The molecule has 0 bridgehead atoms. The molecule has 2 heterocycles. The SMILES string of the molecule is CCCn1ncc(C(=O)N2CCC(c3cccc(C#N)c3)CC2)c1C. The van der Waals surface area contributed by atoms with E-state index in [9.17, 15) is 4.79 Å². The molecule has 1 aliphatic rings. The number of nitrogens with zero attached hydrogens (tertiary/aromatic N) is 4. The lowest BCUT2D eigenvalue weighted by molar-refractivity contribution is 0.0712. The molecule has 0 spiro atoms. The van der Waals surface area contributed by atoms with Gasteiger partial charge in [-0.2, -0.15) is 10.4 Å². The Labute approximate surface area is 148 Å². The van der Waals surface area contributed by atoms with E-state index >= 15 is 0 Å². The zero-order valence-corrected chi connectivity index (χ0v) is 14.9. The van der Waals surface area contributed by atoms with Crippen molar-refractivity contribution in [1.29, 1.82) is 5.26 Å². The van der Waals surface area contributed by atoms with E-state index in [1.165, 1.54) is 5.56 Å². The lowest BCUT2D eigenvalue weighted by atomic mass is 9.88. The number of rotatable bonds is 4. The number of aromatic nitrogens is 2. The summed E-state index contributed by atoms with van der Waals surface area (Å²) in [7, 11) is 0. The van der Waals surface area contributed by atoms with Crippen molar-refractivity contribution in [2.24, 2.45) is 0 Å². The monoisotopic (exact) mass is 336 g/mol. The van der Waals surface area contributed by atoms with Crippen molar-refractivity contribution in [3.8, 4) is 6.07 Å². The Kier molecular flexibility index (Phi) is 5.18. The van der Waals surface area contributed by atoms with Crippen LogP contribution in [0.5, 0.6) is 0 Å². The number of carbonyl (C=O) groups excluding carboxylic acids is 1. The summed E-state index contributed by atoms with van der Waals surface area (Å²) in [6.45, 7) is 6.42. The van der Waals surface area contributed by atoms with Crippen molar-refractivity contribution in [2.75, 3.05) is 13.1 Å². The second-order valence-electron chi connectivity index (χ2n) is 6.67. The molecule has 0 aliphatic carbocycles. The van der Waals surface area contributed by atoms with Crippen LogP contribution in [-0.4, -0.2) is 33.7 Å². The predicted molar refractivity (Wildman–Crippen MR) is 96.3 cm³/mol. The van der Waals surface area contributed by atoms with Crippen molar-refractivity contribution < 1.29 is 4.79 Å². The molecule has 130 valence electrons. The number of nitriles is 1. The molecular formula is C20H24N4O. The second-order valence-corrected chi connectivity index (χ2v) is 6.67. The lowest BCUT2D eigenvalue weighted by Crippen LogP contribution is -2.38. The number of piperidine rings is 1. The summed E-state index contributed by atoms with van der Waals surface area (Å²) in [5.74, 6) is 0.505. The van der Waals surface area contributed by atoms with Crippen LogP contribution in [-0.2, 0) is 6.54 Å². The predicted octanol–water partition coefficient (Wildman–Crippen LogP) is 3.49. The first-order valence-electron chi connectivity index (χ1n) is 8.95. The van der Waals surface area contributed by atoms with E-state index < -0.39 is 0 Å². The summed E-state index contributed by atoms with van der Waals surface area (Å²) < 4.78 is 1.91. The van der Waals surface area contributed by atoms with E-state index in [0.29, 0.717) is 11.5 Å². The van der Waals surface area contributed by atoms with Gasteiger partial charge in [0.25, 0.3) is 5.91 Å². The van der Waals surface area contributed by atoms with Crippen LogP contribution in [0.4, 0.5) is 0 Å². The third-order valence-electron chi connectivity index (χ3n) is 5.04. The van der Waals surface area contributed by atoms with Crippen LogP contribution in [0.25, 0.3) is 0 Å². The molecule has 1 fully saturated rings. The molecule has 0 N–H and O–H groups in total. The first-order valence-corrected chi connectivity index (χ1v) is 8.95. The number of benzene rings is 1. The minimum absolute atomic E-state index is 0.0871. The molecule has 1 aromatic heterocycles. The van der Waals surface area contributed by atoms with Crippen LogP contribution in [0, 0.1) is 18.3 Å². The van der Waals surface area contributed by atoms with Gasteiger partial charge in [0.2, 0.25) is 0 Å². The lowest BCUT2D eigenvalue weighted by Gasteiger charge is -2.32. The summed E-state index contributed by atoms with van der Waals surface area (Å²) in [4.78, 5) is 14.7. The molecule has 1 saturated heterocycles. The third-order valence-corrected chi connectivity index (χ3v) is 5.04. The summed E-state index contributed by atoms with van der Waals surface area (Å²) in [6.07, 6.45) is 4.57. The van der Waals surface area contributed by atoms with Crippen molar-refractivity contribution in [2.45, 2.75) is 45.6 Å². The van der Waals surface area contributed by atoms with Gasteiger partial charge >= 0.3 is 0 Å². The molecule has 0 atom stereocenters. The molecule has 1 aliphatic heterocycles. The Hall–Kier alpha value is -2.61. The largest absolute Gasteiger partial charge is 0.338 e. The van der Waals surface area contributed by atoms with Gasteiger partial charge in [0.15, 0.2) is 0 Å². The first-order chi connectivity index (χ1) is 12.1. The first kappa shape index (κ1) is 17.2. The maximum atomic E-state index is 12.8. The Morgan fingerprint density at radius 1 is 1.36 bits per heavy atom. The standard InChI is InChI=1S/C20H24N4O/c1-3-9-24-15(2)19(14-22-24)20(25)23-10-7-17(8-11-23)18-6-4-5-16(12-18)13-21/h4-6,12,14,17H,3,7-11H2,1-2H3. The van der Waals surface area contributed by atoms with Gasteiger partial charge < -0.3 is 4.90 Å². The highest BCUT2D eigenvalue weighted by molar-refractivity contribution is 5.95. The summed E-state index contributed by atoms with van der Waals surface area (Å²) in [6, 6.07) is 10.0. The van der Waals surface area contributed by atoms with Gasteiger partial charge in [-0.3, -0.25) is 9.48 Å². The van der Waals surface area contributed by atoms with E-state index in [1.54, 1.807) is 6.20 Å². The minimum Gasteiger partial charge on any atom is -0.338 e. The number of hydrogen-bond acceptors (Lipinski definition) is 3. The van der Waals surface area contributed by atoms with Crippen LogP contribution >= 0.6 is 0 Å². The maximum absolute atomic E-state index is 12.8. The highest BCUT2D eigenvalue weighted by atomic mass is 16.2. The fraction of sp³-hybridized carbons (Fsp3) is 0.450. The van der Waals surface area contributed by atoms with Crippen molar-refractivity contribution in [3.05, 3.63) is 52.8 Å². The molecule has 25 heavy (non-hydrogen) atoms. The zero-order chi connectivity index (χ0) is 17.8. The van der Waals surface area contributed by atoms with Crippen molar-refractivity contribution in [3.63, 3.8) is 0 Å². The number of amides is 1. The van der Waals surface area contributed by atoms with E-state index in [-0.39, 0.29) is 5.91 Å². The Bertz CT molecular complexity index is 794. The summed E-state index contributed by atoms with van der Waals surface area (Å²) in [5.41, 5.74) is 3.59. The van der Waals surface area contributed by atoms with Gasteiger partial charge in [-0.15, -0.1) is 0 Å². The van der Waals surface area contributed by atoms with Crippen LogP contribution in [0.1, 0.15) is 59.3 Å². The average Bonchev–Trinajstić information content (AvgIpc) is 3.02. The molecule has 0 unspecified atom stereocenters. The molecule has 5 heteroatoms. The average molecular weight is 336 g/mol. The molecule has 2 aromatic rings. The Morgan fingerprint density at radius 2 is 2.12 bits per heavy atom. The zero-order valence-electron chi connectivity index (χ0n) is 14.9. The molecule has 1 aromatic carbocycles. The van der Waals surface area contributed by atoms with Gasteiger partial charge in [-0.05, 0) is 49.8 Å². The molecule has 0 radical (unpaired) electrons. The normalized spacial score (nSPS) is 15.2. The smallest absolute Gasteiger partial charge is 0.257 e. The highest BCUT2D eigenvalue weighted by Crippen LogP contribution is 2.29. The number of aryl methyl sites for hydroxylation is 1. The van der Waals surface area contributed by atoms with Gasteiger partial charge in [0.05, 0.1) is 23.4 Å². The van der Waals surface area contributed by atoms with E-state index in [4.69, 9.17) is 5.26 Å². The van der Waals surface area contributed by atoms with E-state index in [1.807, 2.05) is 34.7 Å². The Balaban J connectivity index is 1.66. The van der Waals surface area contributed by atoms with Gasteiger partial charge in [-0.1, -0.05) is 19.1 Å². The number of carbonyl (C=O) groups is 1. The fourth-order valence-corrected chi connectivity index (χ4v) is 3.54. The highest BCUT2D eigenvalue weighted by Gasteiger charge is 2.26. The third kappa shape index (κ3) is 3.58. The second kappa shape index (κ2) is 7.52. The molecule has 3 rings (SSSR count). The number of likely N-dealkylation sites (tertiary alicyclic amines) is 1. The molecule has 1 amide bonds. The fourth-order valence-electron chi connectivity index (χ4n) is 3.54. The topological polar surface area (TPSA) is 61.9 Å². The van der Waals surface area contributed by atoms with Crippen molar-refractivity contribution in [1.82, 2.24) is 14.7 Å². The van der Waals surface area contributed by atoms with Crippen LogP contribution in [0.2, 0.25) is 0 Å². The van der Waals surface area contributed by atoms with Gasteiger partial charge in [0, 0.05) is 25.3 Å². The molecule has 5 nitrogen and oxygen atoms in total. The maximum Gasteiger partial charge on any atom is 0.257 e. The summed E-state index contributed by atoms with van der Waals surface area (Å²) >= 11 is 0. The molecular weight excluding hydrogens is 312 g/mol. The Morgan fingerprint density at radius 3 is 2.80 bits per heavy atom. The van der Waals surface area contributed by atoms with E-state index in [2.05, 4.69) is 24.2 Å². The van der Waals surface area contributed by atoms with E-state index in [0.717, 1.165) is 50.2 Å². The quantitative estimate of drug-likeness (QED) is 0.858.